The van der Waals surface area contributed by atoms with E-state index in [4.69, 9.17) is 4.74 Å². The van der Waals surface area contributed by atoms with Crippen LogP contribution in [0.4, 0.5) is 5.13 Å². The highest BCUT2D eigenvalue weighted by Gasteiger charge is 2.17. The molecule has 0 radical (unpaired) electrons. The van der Waals surface area contributed by atoms with E-state index in [1.54, 1.807) is 13.2 Å². The topological polar surface area (TPSA) is 110 Å². The quantitative estimate of drug-likeness (QED) is 0.448. The van der Waals surface area contributed by atoms with Crippen molar-refractivity contribution in [3.8, 4) is 5.75 Å². The molecule has 2 N–H and O–H groups in total. The number of carbonyl (C=O) groups is 1. The van der Waals surface area contributed by atoms with Crippen LogP contribution < -0.4 is 14.8 Å². The van der Waals surface area contributed by atoms with Gasteiger partial charge in [-0.05, 0) is 30.7 Å². The van der Waals surface area contributed by atoms with Crippen molar-refractivity contribution in [1.29, 1.82) is 0 Å². The Balaban J connectivity index is 1.68. The Kier molecular flexibility index (Phi) is 7.72. The Morgan fingerprint density at radius 2 is 1.94 bits per heavy atom. The standard InChI is InChI=1S/C21H24N4O4S2/c1-3-4-12-22-31(27,28)17-10-7-9-16(13-17)20(26)23-21-25-24-19(30-21)14-15-8-5-6-11-18(15)29-2/h5-11,13,22H,3-4,12,14H2,1-2H3,(H,23,25,26). The molecule has 0 aliphatic heterocycles. The molecule has 8 nitrogen and oxygen atoms in total. The molecule has 0 aliphatic rings. The summed E-state index contributed by atoms with van der Waals surface area (Å²) in [5.74, 6) is 0.305. The van der Waals surface area contributed by atoms with Gasteiger partial charge in [-0.3, -0.25) is 10.1 Å². The minimum atomic E-state index is -3.67. The smallest absolute Gasteiger partial charge is 0.257 e. The van der Waals surface area contributed by atoms with Crippen molar-refractivity contribution >= 4 is 32.4 Å². The molecule has 2 aromatic carbocycles. The number of unbranched alkanes of at least 4 members (excludes halogenated alkanes) is 1. The monoisotopic (exact) mass is 460 g/mol. The molecule has 164 valence electrons. The first-order valence-electron chi connectivity index (χ1n) is 9.78. The van der Waals surface area contributed by atoms with Gasteiger partial charge in [-0.15, -0.1) is 10.2 Å². The van der Waals surface area contributed by atoms with Gasteiger partial charge in [0, 0.05) is 24.1 Å². The Bertz CT molecular complexity index is 1150. The number of anilines is 1. The molecule has 31 heavy (non-hydrogen) atoms. The Labute approximate surface area is 185 Å². The molecule has 0 saturated carbocycles. The van der Waals surface area contributed by atoms with Crippen molar-refractivity contribution in [3.63, 3.8) is 0 Å². The first-order valence-corrected chi connectivity index (χ1v) is 12.1. The number of amides is 1. The molecular weight excluding hydrogens is 436 g/mol. The molecule has 1 amide bonds. The normalized spacial score (nSPS) is 11.3. The minimum absolute atomic E-state index is 0.0466. The molecule has 0 fully saturated rings. The second kappa shape index (κ2) is 10.5. The van der Waals surface area contributed by atoms with E-state index in [0.717, 1.165) is 29.2 Å². The first-order chi connectivity index (χ1) is 14.9. The molecule has 0 spiro atoms. The van der Waals surface area contributed by atoms with Crippen molar-refractivity contribution in [2.75, 3.05) is 19.0 Å². The second-order valence-corrected chi connectivity index (χ2v) is 9.55. The summed E-state index contributed by atoms with van der Waals surface area (Å²) >= 11 is 1.25. The first kappa shape index (κ1) is 22.9. The number of para-hydroxylation sites is 1. The van der Waals surface area contributed by atoms with Crippen molar-refractivity contribution in [2.24, 2.45) is 0 Å². The summed E-state index contributed by atoms with van der Waals surface area (Å²) in [5.41, 5.74) is 1.19. The lowest BCUT2D eigenvalue weighted by atomic mass is 10.1. The van der Waals surface area contributed by atoms with Crippen LogP contribution in [0.25, 0.3) is 0 Å². The molecule has 0 atom stereocenters. The number of sulfonamides is 1. The number of hydrogen-bond acceptors (Lipinski definition) is 7. The van der Waals surface area contributed by atoms with E-state index in [2.05, 4.69) is 20.2 Å². The third-order valence-electron chi connectivity index (χ3n) is 4.45. The molecule has 1 heterocycles. The minimum Gasteiger partial charge on any atom is -0.496 e. The van der Waals surface area contributed by atoms with Gasteiger partial charge >= 0.3 is 0 Å². The molecule has 0 saturated heterocycles. The molecule has 3 rings (SSSR count). The fourth-order valence-corrected chi connectivity index (χ4v) is 4.71. The van der Waals surface area contributed by atoms with Gasteiger partial charge in [0.2, 0.25) is 15.2 Å². The summed E-state index contributed by atoms with van der Waals surface area (Å²) in [4.78, 5) is 12.7. The van der Waals surface area contributed by atoms with Gasteiger partial charge in [-0.2, -0.15) is 0 Å². The summed E-state index contributed by atoms with van der Waals surface area (Å²) in [6, 6.07) is 13.5. The molecular formula is C21H24N4O4S2. The summed E-state index contributed by atoms with van der Waals surface area (Å²) in [7, 11) is -2.06. The van der Waals surface area contributed by atoms with Gasteiger partial charge in [0.05, 0.1) is 12.0 Å². The number of nitrogens with one attached hydrogen (secondary N) is 2. The fourth-order valence-electron chi connectivity index (χ4n) is 2.83. The molecule has 1 aromatic heterocycles. The Morgan fingerprint density at radius 1 is 1.13 bits per heavy atom. The summed E-state index contributed by atoms with van der Waals surface area (Å²) in [5, 5.41) is 11.9. The zero-order valence-corrected chi connectivity index (χ0v) is 18.9. The van der Waals surface area contributed by atoms with E-state index in [1.807, 2.05) is 31.2 Å². The highest BCUT2D eigenvalue weighted by atomic mass is 32.2. The van der Waals surface area contributed by atoms with Gasteiger partial charge in [-0.25, -0.2) is 13.1 Å². The van der Waals surface area contributed by atoms with Crippen molar-refractivity contribution in [1.82, 2.24) is 14.9 Å². The van der Waals surface area contributed by atoms with E-state index in [0.29, 0.717) is 18.1 Å². The lowest BCUT2D eigenvalue weighted by Crippen LogP contribution is -2.25. The second-order valence-electron chi connectivity index (χ2n) is 6.72. The average molecular weight is 461 g/mol. The van der Waals surface area contributed by atoms with Crippen LogP contribution in [0.2, 0.25) is 0 Å². The fraction of sp³-hybridized carbons (Fsp3) is 0.286. The predicted molar refractivity (Wildman–Crippen MR) is 120 cm³/mol. The number of benzene rings is 2. The molecule has 0 unspecified atom stereocenters. The molecule has 10 heteroatoms. The van der Waals surface area contributed by atoms with Crippen LogP contribution in [0.15, 0.2) is 53.4 Å². The van der Waals surface area contributed by atoms with Crippen molar-refractivity contribution < 1.29 is 17.9 Å². The highest BCUT2D eigenvalue weighted by molar-refractivity contribution is 7.89. The summed E-state index contributed by atoms with van der Waals surface area (Å²) < 4.78 is 32.7. The van der Waals surface area contributed by atoms with E-state index in [-0.39, 0.29) is 10.5 Å². The van der Waals surface area contributed by atoms with E-state index in [9.17, 15) is 13.2 Å². The maximum Gasteiger partial charge on any atom is 0.257 e. The van der Waals surface area contributed by atoms with Crippen LogP contribution in [0, 0.1) is 0 Å². The third-order valence-corrected chi connectivity index (χ3v) is 6.75. The van der Waals surface area contributed by atoms with Gasteiger partial charge in [-0.1, -0.05) is 48.9 Å². The third kappa shape index (κ3) is 6.09. The zero-order chi connectivity index (χ0) is 22.3. The largest absolute Gasteiger partial charge is 0.496 e. The van der Waals surface area contributed by atoms with E-state index >= 15 is 0 Å². The van der Waals surface area contributed by atoms with Crippen LogP contribution in [0.1, 0.15) is 40.7 Å². The average Bonchev–Trinajstić information content (AvgIpc) is 3.21. The maximum atomic E-state index is 12.6. The van der Waals surface area contributed by atoms with E-state index < -0.39 is 15.9 Å². The predicted octanol–water partition coefficient (Wildman–Crippen LogP) is 3.47. The van der Waals surface area contributed by atoms with Crippen LogP contribution in [0.3, 0.4) is 0 Å². The Hall–Kier alpha value is -2.82. The van der Waals surface area contributed by atoms with Gasteiger partial charge in [0.25, 0.3) is 5.91 Å². The number of carbonyl (C=O) groups excluding carboxylic acids is 1. The van der Waals surface area contributed by atoms with E-state index in [1.165, 1.54) is 29.5 Å². The number of rotatable bonds is 10. The molecule has 0 bridgehead atoms. The maximum absolute atomic E-state index is 12.6. The Morgan fingerprint density at radius 3 is 2.71 bits per heavy atom. The summed E-state index contributed by atoms with van der Waals surface area (Å²) in [6.07, 6.45) is 2.15. The van der Waals surface area contributed by atoms with Crippen molar-refractivity contribution in [3.05, 3.63) is 64.7 Å². The zero-order valence-electron chi connectivity index (χ0n) is 17.3. The lowest BCUT2D eigenvalue weighted by molar-refractivity contribution is 0.102. The van der Waals surface area contributed by atoms with Crippen LogP contribution in [-0.4, -0.2) is 38.2 Å². The number of hydrogen-bond donors (Lipinski definition) is 2. The molecule has 3 aromatic rings. The van der Waals surface area contributed by atoms with Crippen molar-refractivity contribution in [2.45, 2.75) is 31.1 Å². The van der Waals surface area contributed by atoms with Gasteiger partial charge in [0.1, 0.15) is 10.8 Å². The van der Waals surface area contributed by atoms with Gasteiger partial charge in [0.15, 0.2) is 0 Å². The van der Waals surface area contributed by atoms with Crippen LogP contribution in [-0.2, 0) is 16.4 Å². The number of ether oxygens (including phenoxy) is 1. The SMILES string of the molecule is CCCCNS(=O)(=O)c1cccc(C(=O)Nc2nnc(Cc3ccccc3OC)s2)c1. The summed E-state index contributed by atoms with van der Waals surface area (Å²) in [6.45, 7) is 2.34. The van der Waals surface area contributed by atoms with Crippen LogP contribution >= 0.6 is 11.3 Å². The highest BCUT2D eigenvalue weighted by Crippen LogP contribution is 2.24. The van der Waals surface area contributed by atoms with Gasteiger partial charge < -0.3 is 4.74 Å². The number of nitrogens with zero attached hydrogens (tertiary/aromatic N) is 2. The molecule has 0 aliphatic carbocycles. The lowest BCUT2D eigenvalue weighted by Gasteiger charge is -2.08. The number of aromatic nitrogens is 2. The number of methoxy groups -OCH3 is 1. The van der Waals surface area contributed by atoms with Crippen LogP contribution in [0.5, 0.6) is 5.75 Å².